The number of aliphatic hydroxyl groups is 1. The number of carbonyl (C=O) groups excluding carboxylic acids is 1. The van der Waals surface area contributed by atoms with Gasteiger partial charge in [0.1, 0.15) is 15.8 Å². The molecular weight excluding hydrogens is 446 g/mol. The van der Waals surface area contributed by atoms with Crippen LogP contribution < -0.4 is 10.5 Å². The lowest BCUT2D eigenvalue weighted by Crippen LogP contribution is -2.48. The highest BCUT2D eigenvalue weighted by molar-refractivity contribution is 8.26. The summed E-state index contributed by atoms with van der Waals surface area (Å²) in [7, 11) is 0. The second-order valence-corrected chi connectivity index (χ2v) is 9.62. The summed E-state index contributed by atoms with van der Waals surface area (Å²) in [5, 5.41) is 9.22. The normalized spacial score (nSPS) is 20.0. The number of thiocarbonyl (C=S) groups is 1. The molecule has 2 aromatic heterocycles. The summed E-state index contributed by atoms with van der Waals surface area (Å²) in [5.41, 5.74) is 0.751. The van der Waals surface area contributed by atoms with Crippen LogP contribution in [0.3, 0.4) is 0 Å². The fourth-order valence-corrected chi connectivity index (χ4v) is 5.40. The molecule has 2 fully saturated rings. The van der Waals surface area contributed by atoms with E-state index >= 15 is 0 Å². The van der Waals surface area contributed by atoms with Gasteiger partial charge in [-0.2, -0.15) is 0 Å². The molecule has 4 heterocycles. The van der Waals surface area contributed by atoms with Crippen LogP contribution in [0.1, 0.15) is 25.8 Å². The molecule has 8 nitrogen and oxygen atoms in total. The number of hydrogen-bond donors (Lipinski definition) is 1. The number of thioether (sulfide) groups is 1. The maximum absolute atomic E-state index is 13.4. The van der Waals surface area contributed by atoms with E-state index in [0.29, 0.717) is 45.9 Å². The molecule has 0 bridgehead atoms. The quantitative estimate of drug-likeness (QED) is 0.503. The average molecular weight is 474 g/mol. The van der Waals surface area contributed by atoms with E-state index in [-0.39, 0.29) is 24.1 Å². The summed E-state index contributed by atoms with van der Waals surface area (Å²) in [4.78, 5) is 37.7. The van der Waals surface area contributed by atoms with Gasteiger partial charge in [0.15, 0.2) is 0 Å². The van der Waals surface area contributed by atoms with Crippen molar-refractivity contribution >= 4 is 51.7 Å². The molecule has 0 spiro atoms. The summed E-state index contributed by atoms with van der Waals surface area (Å²) in [6.45, 7) is 7.65. The van der Waals surface area contributed by atoms with Gasteiger partial charge in [0, 0.05) is 45.0 Å². The number of rotatable bonds is 6. The smallest absolute Gasteiger partial charge is 0.267 e. The number of aromatic nitrogens is 2. The molecule has 0 aliphatic carbocycles. The lowest BCUT2D eigenvalue weighted by Gasteiger charge is -2.35. The van der Waals surface area contributed by atoms with Gasteiger partial charge in [0.2, 0.25) is 0 Å². The fourth-order valence-electron chi connectivity index (χ4n) is 3.96. The molecule has 10 heteroatoms. The number of nitrogens with zero attached hydrogens (tertiary/aromatic N) is 5. The first kappa shape index (κ1) is 22.9. The van der Waals surface area contributed by atoms with Gasteiger partial charge in [-0.15, -0.1) is 0 Å². The van der Waals surface area contributed by atoms with Crippen molar-refractivity contribution in [1.29, 1.82) is 0 Å². The van der Waals surface area contributed by atoms with Gasteiger partial charge >= 0.3 is 0 Å². The zero-order valence-electron chi connectivity index (χ0n) is 18.2. The number of anilines is 1. The number of hydrogen-bond acceptors (Lipinski definition) is 8. The first-order valence-electron chi connectivity index (χ1n) is 10.8. The van der Waals surface area contributed by atoms with Crippen molar-refractivity contribution in [3.63, 3.8) is 0 Å². The largest absolute Gasteiger partial charge is 0.395 e. The van der Waals surface area contributed by atoms with Crippen molar-refractivity contribution in [2.24, 2.45) is 0 Å². The Balaban J connectivity index is 1.77. The Hall–Kier alpha value is -2.27. The molecule has 0 saturated carbocycles. The van der Waals surface area contributed by atoms with Gasteiger partial charge < -0.3 is 10.0 Å². The van der Waals surface area contributed by atoms with Crippen molar-refractivity contribution in [3.8, 4) is 0 Å². The maximum atomic E-state index is 13.4. The molecule has 0 aromatic carbocycles. The van der Waals surface area contributed by atoms with E-state index in [9.17, 15) is 14.7 Å². The van der Waals surface area contributed by atoms with Crippen molar-refractivity contribution in [2.45, 2.75) is 26.3 Å². The Morgan fingerprint density at radius 3 is 2.69 bits per heavy atom. The zero-order chi connectivity index (χ0) is 22.8. The van der Waals surface area contributed by atoms with Crippen LogP contribution in [-0.4, -0.2) is 79.9 Å². The van der Waals surface area contributed by atoms with Crippen LogP contribution in [0.15, 0.2) is 34.1 Å². The summed E-state index contributed by atoms with van der Waals surface area (Å²) >= 11 is 6.69. The van der Waals surface area contributed by atoms with Crippen LogP contribution in [0.5, 0.6) is 0 Å². The van der Waals surface area contributed by atoms with E-state index in [1.807, 2.05) is 19.9 Å². The number of piperazine rings is 1. The highest BCUT2D eigenvalue weighted by Crippen LogP contribution is 2.35. The Bertz CT molecular complexity index is 1120. The lowest BCUT2D eigenvalue weighted by molar-refractivity contribution is -0.123. The molecule has 1 N–H and O–H groups in total. The predicted molar refractivity (Wildman–Crippen MR) is 132 cm³/mol. The van der Waals surface area contributed by atoms with Crippen molar-refractivity contribution < 1.29 is 9.90 Å². The van der Waals surface area contributed by atoms with Crippen LogP contribution in [0.25, 0.3) is 11.7 Å². The van der Waals surface area contributed by atoms with E-state index in [1.54, 1.807) is 29.3 Å². The predicted octanol–water partition coefficient (Wildman–Crippen LogP) is 1.81. The van der Waals surface area contributed by atoms with E-state index in [1.165, 1.54) is 16.2 Å². The minimum absolute atomic E-state index is 0.00305. The highest BCUT2D eigenvalue weighted by atomic mass is 32.2. The summed E-state index contributed by atoms with van der Waals surface area (Å²) < 4.78 is 2.02. The van der Waals surface area contributed by atoms with E-state index < -0.39 is 0 Å². The minimum atomic E-state index is -0.211. The number of aliphatic hydroxyl groups excluding tert-OH is 1. The summed E-state index contributed by atoms with van der Waals surface area (Å²) in [6, 6.07) is 5.44. The van der Waals surface area contributed by atoms with Crippen LogP contribution >= 0.6 is 24.0 Å². The van der Waals surface area contributed by atoms with Crippen LogP contribution in [0.2, 0.25) is 0 Å². The Morgan fingerprint density at radius 1 is 1.25 bits per heavy atom. The SMILES string of the molecule is CC[C@@H](C)N1C(=O)/C(=C/c2c(N3CCN(CCO)CC3)nc3ccccn3c2=O)SC1=S. The first-order chi connectivity index (χ1) is 15.4. The lowest BCUT2D eigenvalue weighted by atomic mass is 10.2. The summed E-state index contributed by atoms with van der Waals surface area (Å²) in [6.07, 6.45) is 4.14. The zero-order valence-corrected chi connectivity index (χ0v) is 19.9. The fraction of sp³-hybridized carbons (Fsp3) is 0.455. The van der Waals surface area contributed by atoms with Gasteiger partial charge in [-0.3, -0.25) is 23.8 Å². The van der Waals surface area contributed by atoms with Crippen LogP contribution in [-0.2, 0) is 4.79 Å². The van der Waals surface area contributed by atoms with Crippen molar-refractivity contribution in [1.82, 2.24) is 19.2 Å². The van der Waals surface area contributed by atoms with Crippen molar-refractivity contribution in [3.05, 3.63) is 45.2 Å². The van der Waals surface area contributed by atoms with Crippen LogP contribution in [0, 0.1) is 0 Å². The van der Waals surface area contributed by atoms with E-state index in [0.717, 1.165) is 19.5 Å². The molecule has 2 aliphatic heterocycles. The van der Waals surface area contributed by atoms with Gasteiger partial charge in [0.05, 0.1) is 17.1 Å². The van der Waals surface area contributed by atoms with E-state index in [4.69, 9.17) is 17.2 Å². The highest BCUT2D eigenvalue weighted by Gasteiger charge is 2.35. The van der Waals surface area contributed by atoms with Crippen LogP contribution in [0.4, 0.5) is 5.82 Å². The molecule has 2 aliphatic rings. The van der Waals surface area contributed by atoms with Gasteiger partial charge in [0.25, 0.3) is 11.5 Å². The number of fused-ring (bicyclic) bond motifs is 1. The molecule has 1 amide bonds. The number of amides is 1. The maximum Gasteiger partial charge on any atom is 0.267 e. The Morgan fingerprint density at radius 2 is 2.00 bits per heavy atom. The van der Waals surface area contributed by atoms with E-state index in [2.05, 4.69) is 9.80 Å². The molecule has 170 valence electrons. The second kappa shape index (κ2) is 9.70. The molecule has 1 atom stereocenters. The second-order valence-electron chi connectivity index (χ2n) is 7.94. The Labute approximate surface area is 196 Å². The van der Waals surface area contributed by atoms with Gasteiger partial charge in [-0.1, -0.05) is 37.0 Å². The minimum Gasteiger partial charge on any atom is -0.395 e. The number of pyridine rings is 1. The van der Waals surface area contributed by atoms with Gasteiger partial charge in [-0.05, 0) is 31.6 Å². The molecular formula is C22H27N5O3S2. The molecule has 32 heavy (non-hydrogen) atoms. The third-order valence-electron chi connectivity index (χ3n) is 5.97. The number of carbonyl (C=O) groups is 1. The molecule has 0 radical (unpaired) electrons. The molecule has 0 unspecified atom stereocenters. The standard InChI is InChI=1S/C22H27N5O3S2/c1-3-15(2)27-21(30)17(32-22(27)31)14-16-19(25-10-8-24(9-11-25)12-13-28)23-18-6-4-5-7-26(18)20(16)29/h4-7,14-15,28H,3,8-13H2,1-2H3/b17-14-/t15-/m1/s1. The third-order valence-corrected chi connectivity index (χ3v) is 7.30. The molecule has 4 rings (SSSR count). The number of β-amino-alcohol motifs (C(OH)–C–C–N with tert-alkyl or cyclic N) is 1. The first-order valence-corrected chi connectivity index (χ1v) is 12.0. The van der Waals surface area contributed by atoms with Crippen molar-refractivity contribution in [2.75, 3.05) is 44.2 Å². The third kappa shape index (κ3) is 4.32. The Kier molecular flexibility index (Phi) is 6.94. The molecule has 2 aromatic rings. The average Bonchev–Trinajstić information content (AvgIpc) is 3.08. The van der Waals surface area contributed by atoms with Gasteiger partial charge in [-0.25, -0.2) is 4.98 Å². The summed E-state index contributed by atoms with van der Waals surface area (Å²) in [5.74, 6) is 0.421. The topological polar surface area (TPSA) is 81.4 Å². The monoisotopic (exact) mass is 473 g/mol. The molecule has 2 saturated heterocycles.